The van der Waals surface area contributed by atoms with E-state index in [1.165, 1.54) is 0 Å². The lowest BCUT2D eigenvalue weighted by Crippen LogP contribution is -2.27. The van der Waals surface area contributed by atoms with Gasteiger partial charge in [-0.15, -0.1) is 0 Å². The normalized spacial score (nSPS) is 12.1. The number of amides is 2. The van der Waals surface area contributed by atoms with Crippen molar-refractivity contribution in [3.63, 3.8) is 0 Å². The molecule has 9 nitrogen and oxygen atoms in total. The molecule has 0 radical (unpaired) electrons. The number of hydrogen-bond acceptors (Lipinski definition) is 7. The third-order valence-electron chi connectivity index (χ3n) is 5.65. The number of nitrogens with zero attached hydrogens (tertiary/aromatic N) is 1. The maximum absolute atomic E-state index is 13.4. The van der Waals surface area contributed by atoms with Crippen LogP contribution in [0.5, 0.6) is 0 Å². The summed E-state index contributed by atoms with van der Waals surface area (Å²) in [7, 11) is 0. The van der Waals surface area contributed by atoms with E-state index in [2.05, 4.69) is 21.3 Å². The average molecular weight is 506 g/mol. The van der Waals surface area contributed by atoms with Gasteiger partial charge in [-0.25, -0.2) is 4.98 Å². The van der Waals surface area contributed by atoms with Gasteiger partial charge in [0.05, 0.1) is 11.3 Å². The first kappa shape index (κ1) is 29.4. The molecule has 0 atom stereocenters. The number of carbonyl (C=O) groups is 2. The van der Waals surface area contributed by atoms with E-state index in [4.69, 9.17) is 16.1 Å². The lowest BCUT2D eigenvalue weighted by molar-refractivity contribution is -0.108. The predicted molar refractivity (Wildman–Crippen MR) is 151 cm³/mol. The van der Waals surface area contributed by atoms with Crippen molar-refractivity contribution >= 4 is 24.3 Å². The Balaban J connectivity index is 2.43. The molecule has 0 aliphatic carbocycles. The lowest BCUT2D eigenvalue weighted by atomic mass is 10.0. The Bertz CT molecular complexity index is 1170. The van der Waals surface area contributed by atoms with E-state index in [-0.39, 0.29) is 11.9 Å². The summed E-state index contributed by atoms with van der Waals surface area (Å²) in [5.74, 6) is 0.190. The second-order valence-corrected chi connectivity index (χ2v) is 9.16. The van der Waals surface area contributed by atoms with Crippen LogP contribution >= 0.6 is 0 Å². The highest BCUT2D eigenvalue weighted by Gasteiger charge is 2.19. The van der Waals surface area contributed by atoms with Crippen molar-refractivity contribution in [2.45, 2.75) is 47.2 Å². The first-order valence-corrected chi connectivity index (χ1v) is 12.3. The second kappa shape index (κ2) is 14.7. The Labute approximate surface area is 219 Å². The van der Waals surface area contributed by atoms with Gasteiger partial charge in [-0.2, -0.15) is 0 Å². The molecule has 9 heteroatoms. The molecule has 0 bridgehead atoms. The van der Waals surface area contributed by atoms with Crippen LogP contribution in [0.3, 0.4) is 0 Å². The van der Waals surface area contributed by atoms with Crippen LogP contribution in [0.2, 0.25) is 0 Å². The summed E-state index contributed by atoms with van der Waals surface area (Å²) in [6.45, 7) is 11.9. The summed E-state index contributed by atoms with van der Waals surface area (Å²) in [5.41, 5.74) is 11.6. The molecule has 2 amide bonds. The standard InChI is InChI=1S/C28H39N7O2/c1-18(2)34-27-25(14-30)24(28(37)32-15-20(4)19(3)11-21(5)33-17-36)13-26(35-27)23-8-6-7-22(12-23)16-31-10-9-29/h6-8,11-14,17-18,30-31H,9-10,15-16,29H2,1-5H3,(H,32,37)(H,33,36)(H,34,35)/b20-19+,21-11-,30-14?. The molecule has 1 aromatic heterocycles. The average Bonchev–Trinajstić information content (AvgIpc) is 2.86. The zero-order valence-corrected chi connectivity index (χ0v) is 22.4. The number of anilines is 1. The summed E-state index contributed by atoms with van der Waals surface area (Å²) in [6.07, 6.45) is 3.64. The third-order valence-corrected chi connectivity index (χ3v) is 5.65. The highest BCUT2D eigenvalue weighted by Crippen LogP contribution is 2.26. The van der Waals surface area contributed by atoms with Crippen LogP contribution in [0.1, 0.15) is 56.1 Å². The van der Waals surface area contributed by atoms with E-state index in [9.17, 15) is 9.59 Å². The molecule has 0 saturated carbocycles. The lowest BCUT2D eigenvalue weighted by Gasteiger charge is -2.17. The molecule has 0 aliphatic rings. The van der Waals surface area contributed by atoms with Gasteiger partial charge in [0.25, 0.3) is 5.91 Å². The van der Waals surface area contributed by atoms with Crippen molar-refractivity contribution in [3.05, 3.63) is 69.9 Å². The highest BCUT2D eigenvalue weighted by atomic mass is 16.1. The van der Waals surface area contributed by atoms with Crippen LogP contribution in [0.25, 0.3) is 11.3 Å². The molecule has 198 valence electrons. The maximum atomic E-state index is 13.4. The topological polar surface area (TPSA) is 145 Å². The van der Waals surface area contributed by atoms with Gasteiger partial charge in [0.2, 0.25) is 6.41 Å². The van der Waals surface area contributed by atoms with Gasteiger partial charge in [0.1, 0.15) is 5.82 Å². The smallest absolute Gasteiger partial charge is 0.252 e. The predicted octanol–water partition coefficient (Wildman–Crippen LogP) is 3.33. The minimum absolute atomic E-state index is 0.0620. The van der Waals surface area contributed by atoms with Crippen LogP contribution in [-0.2, 0) is 11.3 Å². The maximum Gasteiger partial charge on any atom is 0.252 e. The summed E-state index contributed by atoms with van der Waals surface area (Å²) >= 11 is 0. The van der Waals surface area contributed by atoms with Gasteiger partial charge in [-0.05, 0) is 64.0 Å². The molecule has 2 aromatic rings. The van der Waals surface area contributed by atoms with Crippen LogP contribution < -0.4 is 27.0 Å². The zero-order chi connectivity index (χ0) is 27.4. The van der Waals surface area contributed by atoms with Crippen molar-refractivity contribution in [1.29, 1.82) is 5.41 Å². The van der Waals surface area contributed by atoms with Crippen molar-refractivity contribution < 1.29 is 9.59 Å². The molecule has 7 N–H and O–H groups in total. The Hall–Kier alpha value is -3.82. The fourth-order valence-electron chi connectivity index (χ4n) is 3.63. The van der Waals surface area contributed by atoms with Gasteiger partial charge in [-0.3, -0.25) is 9.59 Å². The summed E-state index contributed by atoms with van der Waals surface area (Å²) in [4.78, 5) is 28.8. The number of nitrogens with one attached hydrogen (secondary N) is 5. The number of aromatic nitrogens is 1. The number of nitrogens with two attached hydrogens (primary N) is 1. The zero-order valence-electron chi connectivity index (χ0n) is 22.4. The first-order valence-electron chi connectivity index (χ1n) is 12.3. The number of pyridine rings is 1. The molecule has 1 heterocycles. The Morgan fingerprint density at radius 2 is 1.95 bits per heavy atom. The van der Waals surface area contributed by atoms with E-state index in [1.54, 1.807) is 13.0 Å². The molecular weight excluding hydrogens is 466 g/mol. The van der Waals surface area contributed by atoms with Crippen LogP contribution in [0, 0.1) is 5.41 Å². The summed E-state index contributed by atoms with van der Waals surface area (Å²) < 4.78 is 0. The quantitative estimate of drug-likeness (QED) is 0.101. The fraction of sp³-hybridized carbons (Fsp3) is 0.357. The number of hydrogen-bond donors (Lipinski definition) is 6. The van der Waals surface area contributed by atoms with E-state index >= 15 is 0 Å². The van der Waals surface area contributed by atoms with Gasteiger partial charge in [0, 0.05) is 55.3 Å². The van der Waals surface area contributed by atoms with E-state index in [0.717, 1.165) is 35.0 Å². The number of allylic oxidation sites excluding steroid dienone is 3. The Kier molecular flexibility index (Phi) is 11.7. The van der Waals surface area contributed by atoms with Gasteiger partial charge >= 0.3 is 0 Å². The van der Waals surface area contributed by atoms with Crippen LogP contribution in [0.15, 0.2) is 53.3 Å². The Morgan fingerprint density at radius 3 is 2.59 bits per heavy atom. The van der Waals surface area contributed by atoms with Gasteiger partial charge < -0.3 is 32.4 Å². The van der Waals surface area contributed by atoms with E-state index in [1.807, 2.05) is 58.0 Å². The molecule has 0 spiro atoms. The number of benzene rings is 1. The van der Waals surface area contributed by atoms with Crippen molar-refractivity contribution in [3.8, 4) is 11.3 Å². The fourth-order valence-corrected chi connectivity index (χ4v) is 3.63. The van der Waals surface area contributed by atoms with Crippen LogP contribution in [-0.4, -0.2) is 49.2 Å². The van der Waals surface area contributed by atoms with Gasteiger partial charge in [-0.1, -0.05) is 23.8 Å². The van der Waals surface area contributed by atoms with Crippen molar-refractivity contribution in [1.82, 2.24) is 20.9 Å². The minimum Gasteiger partial charge on any atom is -0.367 e. The summed E-state index contributed by atoms with van der Waals surface area (Å²) in [6, 6.07) is 9.78. The second-order valence-electron chi connectivity index (χ2n) is 9.16. The number of carbonyl (C=O) groups excluding carboxylic acids is 2. The Morgan fingerprint density at radius 1 is 1.19 bits per heavy atom. The van der Waals surface area contributed by atoms with E-state index < -0.39 is 0 Å². The van der Waals surface area contributed by atoms with Crippen LogP contribution in [0.4, 0.5) is 5.82 Å². The third kappa shape index (κ3) is 8.96. The molecule has 2 rings (SSSR count). The largest absolute Gasteiger partial charge is 0.367 e. The minimum atomic E-state index is -0.298. The molecule has 1 aromatic carbocycles. The first-order chi connectivity index (χ1) is 17.7. The molecular formula is C28H39N7O2. The van der Waals surface area contributed by atoms with E-state index in [0.29, 0.717) is 54.4 Å². The number of rotatable bonds is 14. The SMILES string of the molecule is C/C(=C/C(C)=C(\C)CNC(=O)c1cc(-c2cccc(CNCCN)c2)nc(NC(C)C)c1C=N)NC=O. The monoisotopic (exact) mass is 505 g/mol. The van der Waals surface area contributed by atoms with Crippen molar-refractivity contribution in [2.24, 2.45) is 5.73 Å². The highest BCUT2D eigenvalue weighted by molar-refractivity contribution is 6.05. The molecule has 0 aliphatic heterocycles. The molecule has 0 unspecified atom stereocenters. The van der Waals surface area contributed by atoms with Gasteiger partial charge in [0.15, 0.2) is 0 Å². The van der Waals surface area contributed by atoms with Crippen molar-refractivity contribution in [2.75, 3.05) is 25.0 Å². The molecule has 0 saturated heterocycles. The molecule has 37 heavy (non-hydrogen) atoms. The summed E-state index contributed by atoms with van der Waals surface area (Å²) in [5, 5.41) is 20.2. The molecule has 0 fully saturated rings.